The zero-order chi connectivity index (χ0) is 47.6. The maximum absolute atomic E-state index is 13.0. The highest BCUT2D eigenvalue weighted by Crippen LogP contribution is 2.59. The number of unbranched alkanes of at least 4 members (excludes halogenated alkanes) is 19. The lowest BCUT2D eigenvalue weighted by atomic mass is 9.68. The maximum atomic E-state index is 13.0. The molecule has 2 heterocycles. The van der Waals surface area contributed by atoms with E-state index in [9.17, 15) is 19.0 Å². The first-order valence-corrected chi connectivity index (χ1v) is 27.4. The van der Waals surface area contributed by atoms with Gasteiger partial charge in [-0.25, -0.2) is 4.57 Å². The number of carbonyl (C=O) groups excluding carboxylic acids is 2. The summed E-state index contributed by atoms with van der Waals surface area (Å²) in [4.78, 5) is 36.2. The lowest BCUT2D eigenvalue weighted by Gasteiger charge is -2.42. The lowest BCUT2D eigenvalue weighted by molar-refractivity contribution is -0.870. The molecule has 1 spiro atoms. The highest BCUT2D eigenvalue weighted by Gasteiger charge is 2.72. The van der Waals surface area contributed by atoms with E-state index in [-0.39, 0.29) is 73.6 Å². The largest absolute Gasteiger partial charge is 0.472 e. The van der Waals surface area contributed by atoms with Crippen LogP contribution < -0.4 is 0 Å². The highest BCUT2D eigenvalue weighted by molar-refractivity contribution is 7.47. The van der Waals surface area contributed by atoms with Gasteiger partial charge in [-0.15, -0.1) is 0 Å². The van der Waals surface area contributed by atoms with Crippen LogP contribution in [0.1, 0.15) is 195 Å². The van der Waals surface area contributed by atoms with E-state index in [0.717, 1.165) is 57.8 Å². The molecule has 14 heteroatoms. The number of phosphoric acid groups is 1. The summed E-state index contributed by atoms with van der Waals surface area (Å²) in [6, 6.07) is 0. The molecule has 0 radical (unpaired) electrons. The van der Waals surface area contributed by atoms with Gasteiger partial charge in [-0.05, 0) is 59.3 Å². The molecule has 0 bridgehead atoms. The van der Waals surface area contributed by atoms with E-state index in [4.69, 9.17) is 37.5 Å². The highest BCUT2D eigenvalue weighted by atomic mass is 31.2. The van der Waals surface area contributed by atoms with E-state index in [1.165, 1.54) is 89.0 Å². The minimum absolute atomic E-state index is 0.00193. The Hall–Kier alpha value is -1.41. The molecule has 3 aliphatic rings. The number of ether oxygens (including phenoxy) is 6. The summed E-state index contributed by atoms with van der Waals surface area (Å²) >= 11 is 0. The number of carbonyl (C=O) groups is 2. The van der Waals surface area contributed by atoms with Crippen molar-refractivity contribution in [2.45, 2.75) is 230 Å². The van der Waals surface area contributed by atoms with Gasteiger partial charge in [-0.2, -0.15) is 0 Å². The van der Waals surface area contributed by atoms with Crippen molar-refractivity contribution in [1.82, 2.24) is 0 Å². The fourth-order valence-corrected chi connectivity index (χ4v) is 10.1. The van der Waals surface area contributed by atoms with Gasteiger partial charge in [0, 0.05) is 26.6 Å². The van der Waals surface area contributed by atoms with Crippen LogP contribution in [0.15, 0.2) is 11.6 Å². The second-order valence-electron chi connectivity index (χ2n) is 20.8. The predicted octanol–water partition coefficient (Wildman–Crippen LogP) is 11.4. The van der Waals surface area contributed by atoms with Crippen molar-refractivity contribution in [3.63, 3.8) is 0 Å². The molecule has 65 heavy (non-hydrogen) atoms. The fraction of sp³-hybridized carbons (Fsp3) is 0.922. The minimum Gasteiger partial charge on any atom is -0.460 e. The Kier molecular flexibility index (Phi) is 27.6. The number of rotatable bonds is 40. The summed E-state index contributed by atoms with van der Waals surface area (Å²) in [5.74, 6) is -0.582. The summed E-state index contributed by atoms with van der Waals surface area (Å²) in [5, 5.41) is 0. The molecule has 3 unspecified atom stereocenters. The number of phosphoric ester groups is 1. The molecule has 3 rings (SSSR count). The van der Waals surface area contributed by atoms with Crippen molar-refractivity contribution in [2.75, 3.05) is 67.8 Å². The van der Waals surface area contributed by atoms with Crippen molar-refractivity contribution in [1.29, 1.82) is 0 Å². The van der Waals surface area contributed by atoms with Gasteiger partial charge in [0.05, 0.1) is 53.0 Å². The Morgan fingerprint density at radius 1 is 0.785 bits per heavy atom. The Morgan fingerprint density at radius 3 is 1.85 bits per heavy atom. The van der Waals surface area contributed by atoms with Crippen LogP contribution in [-0.2, 0) is 51.6 Å². The van der Waals surface area contributed by atoms with E-state index in [2.05, 4.69) is 33.8 Å². The average Bonchev–Trinajstić information content (AvgIpc) is 4.17. The Balaban J connectivity index is 1.28. The number of hydrogen-bond donors (Lipinski definition) is 1. The van der Waals surface area contributed by atoms with E-state index in [0.29, 0.717) is 43.5 Å². The van der Waals surface area contributed by atoms with Crippen molar-refractivity contribution in [3.05, 3.63) is 11.6 Å². The predicted molar refractivity (Wildman–Crippen MR) is 257 cm³/mol. The van der Waals surface area contributed by atoms with E-state index in [1.807, 2.05) is 21.1 Å². The molecule has 0 aromatic rings. The minimum atomic E-state index is -4.33. The van der Waals surface area contributed by atoms with Crippen molar-refractivity contribution >= 4 is 19.8 Å². The molecule has 1 aliphatic carbocycles. The van der Waals surface area contributed by atoms with Gasteiger partial charge >= 0.3 is 19.8 Å². The molecule has 0 amide bonds. The normalized spacial score (nSPS) is 25.2. The SMILES string of the molecule is CCCCCCCCCCCCCCCCCOCC(COP(=O)(O)OCC[N+](C)(C)C)OC(=O)CCCCCCCCC(=O)O[C@@H]1CC[C@]2(CO2)[C@@H]([C@@]2(C)OC2CC=C(C)C)[C@@H]1OC. The molecule has 2 aliphatic heterocycles. The van der Waals surface area contributed by atoms with Gasteiger partial charge < -0.3 is 37.8 Å². The van der Waals surface area contributed by atoms with Crippen LogP contribution >= 0.6 is 7.82 Å². The van der Waals surface area contributed by atoms with Gasteiger partial charge in [0.1, 0.15) is 42.7 Å². The number of hydrogen-bond acceptors (Lipinski definition) is 11. The zero-order valence-corrected chi connectivity index (χ0v) is 43.3. The third-order valence-electron chi connectivity index (χ3n) is 13.5. The lowest BCUT2D eigenvalue weighted by Crippen LogP contribution is -2.55. The average molecular weight is 945 g/mol. The standard InChI is InChI=1S/C51H94NO12P/c1-9-10-11-12-13-14-15-16-17-18-19-20-23-26-29-37-58-39-43(40-61-65(55,56)60-38-36-52(5,6)7)62-46(53)30-27-24-21-22-25-28-31-47(54)63-44-34-35-51(41-59-51)49(48(44)57-8)50(4)45(64-50)33-32-42(2)3/h32,43-45,48-49H,9-31,33-41H2,1-8H3/p+1/t43?,44-,45?,48-,49-,50+,51+/m1/s1. The smallest absolute Gasteiger partial charge is 0.460 e. The van der Waals surface area contributed by atoms with Crippen molar-refractivity contribution in [2.24, 2.45) is 5.92 Å². The molecule has 1 N–H and O–H groups in total. The Labute approximate surface area is 395 Å². The topological polar surface area (TPSA) is 152 Å². The second kappa shape index (κ2) is 30.9. The van der Waals surface area contributed by atoms with Crippen LogP contribution in [-0.4, -0.2) is 125 Å². The molecular formula is C51H95NO12P+. The van der Waals surface area contributed by atoms with Crippen LogP contribution in [0.25, 0.3) is 0 Å². The van der Waals surface area contributed by atoms with E-state index < -0.39 is 13.9 Å². The Morgan fingerprint density at radius 2 is 1.32 bits per heavy atom. The number of allylic oxidation sites excluding steroid dienone is 1. The number of esters is 2. The third-order valence-corrected chi connectivity index (χ3v) is 14.5. The fourth-order valence-electron chi connectivity index (χ4n) is 9.34. The van der Waals surface area contributed by atoms with Gasteiger partial charge in [0.2, 0.25) is 0 Å². The number of epoxide rings is 2. The second-order valence-corrected chi connectivity index (χ2v) is 22.2. The maximum Gasteiger partial charge on any atom is 0.472 e. The van der Waals surface area contributed by atoms with Gasteiger partial charge in [-0.3, -0.25) is 18.6 Å². The number of methoxy groups -OCH3 is 1. The van der Waals surface area contributed by atoms with E-state index >= 15 is 0 Å². The Bertz CT molecular complexity index is 1400. The molecule has 8 atom stereocenters. The van der Waals surface area contributed by atoms with Crippen LogP contribution in [0.3, 0.4) is 0 Å². The molecule has 2 saturated heterocycles. The molecular weight excluding hydrogens is 850 g/mol. The van der Waals surface area contributed by atoms with Crippen LogP contribution in [0, 0.1) is 5.92 Å². The summed E-state index contributed by atoms with van der Waals surface area (Å²) in [7, 11) is 3.26. The summed E-state index contributed by atoms with van der Waals surface area (Å²) in [6.07, 6.45) is 28.2. The molecule has 13 nitrogen and oxygen atoms in total. The monoisotopic (exact) mass is 945 g/mol. The molecule has 380 valence electrons. The zero-order valence-electron chi connectivity index (χ0n) is 42.4. The number of nitrogens with zero attached hydrogens (tertiary/aromatic N) is 1. The first-order chi connectivity index (χ1) is 31.0. The van der Waals surface area contributed by atoms with E-state index in [1.54, 1.807) is 7.11 Å². The molecule has 0 aromatic carbocycles. The first-order valence-electron chi connectivity index (χ1n) is 25.9. The summed E-state index contributed by atoms with van der Waals surface area (Å²) < 4.78 is 59.6. The molecule has 3 fully saturated rings. The van der Waals surface area contributed by atoms with Crippen molar-refractivity contribution in [3.8, 4) is 0 Å². The van der Waals surface area contributed by atoms with Gasteiger partial charge in [0.15, 0.2) is 0 Å². The van der Waals surface area contributed by atoms with Crippen LogP contribution in [0.2, 0.25) is 0 Å². The van der Waals surface area contributed by atoms with Crippen LogP contribution in [0.4, 0.5) is 0 Å². The first kappa shape index (κ1) is 57.9. The summed E-state index contributed by atoms with van der Waals surface area (Å²) in [6.45, 7) is 10.2. The summed E-state index contributed by atoms with van der Waals surface area (Å²) in [5.41, 5.74) is 0.646. The number of quaternary nitrogens is 1. The van der Waals surface area contributed by atoms with Gasteiger partial charge in [0.25, 0.3) is 0 Å². The van der Waals surface area contributed by atoms with Crippen LogP contribution in [0.5, 0.6) is 0 Å². The molecule has 1 saturated carbocycles. The molecule has 0 aromatic heterocycles. The van der Waals surface area contributed by atoms with Gasteiger partial charge in [-0.1, -0.05) is 134 Å². The number of likely N-dealkylation sites (N-methyl/N-ethyl adjacent to an activating group) is 1. The third kappa shape index (κ3) is 24.1. The van der Waals surface area contributed by atoms with Crippen molar-refractivity contribution < 1.29 is 61.0 Å². The quantitative estimate of drug-likeness (QED) is 0.0155.